The number of aryl methyl sites for hydroxylation is 1. The third-order valence-corrected chi connectivity index (χ3v) is 13.1. The summed E-state index contributed by atoms with van der Waals surface area (Å²) in [6.45, 7) is 8.32. The largest absolute Gasteiger partial charge is 0 e. The summed E-state index contributed by atoms with van der Waals surface area (Å²) in [5.74, 6) is 6.73. The van der Waals surface area contributed by atoms with Crippen molar-refractivity contribution in [1.29, 1.82) is 0 Å². The summed E-state index contributed by atoms with van der Waals surface area (Å²) in [7, 11) is 0. The van der Waals surface area contributed by atoms with Gasteiger partial charge in [-0.3, -0.25) is 0 Å². The van der Waals surface area contributed by atoms with Crippen LogP contribution in [-0.2, 0) is 20.1 Å². The maximum Gasteiger partial charge on any atom is 0 e. The van der Waals surface area contributed by atoms with Gasteiger partial charge in [0.25, 0.3) is 0 Å². The van der Waals surface area contributed by atoms with Crippen LogP contribution >= 0.6 is 11.3 Å². The van der Waals surface area contributed by atoms with E-state index in [-0.39, 0.29) is 26.0 Å². The molecule has 42 heavy (non-hydrogen) atoms. The number of thiophene rings is 1. The maximum absolute atomic E-state index is 8.72. The van der Waals surface area contributed by atoms with Gasteiger partial charge in [-0.1, -0.05) is 49.9 Å². The Morgan fingerprint density at radius 1 is 0.857 bits per heavy atom. The van der Waals surface area contributed by atoms with E-state index in [2.05, 4.69) is 103 Å². The molecule has 2 nitrogen and oxygen atoms in total. The predicted octanol–water partition coefficient (Wildman–Crippen LogP) is 10.1. The molecule has 0 aliphatic carbocycles. The van der Waals surface area contributed by atoms with Crippen molar-refractivity contribution in [1.82, 2.24) is 9.97 Å². The number of rotatable bonds is 5. The molecule has 3 aromatic heterocycles. The summed E-state index contributed by atoms with van der Waals surface area (Å²) in [5, 5.41) is 2.59. The number of hydrogen-bond acceptors (Lipinski definition) is 3. The van der Waals surface area contributed by atoms with Crippen molar-refractivity contribution in [2.24, 2.45) is 5.92 Å². The molecule has 0 aliphatic heterocycles. The van der Waals surface area contributed by atoms with E-state index in [1.165, 1.54) is 30.1 Å². The molecule has 1 radical (unpaired) electrons. The second-order valence-corrected chi connectivity index (χ2v) is 23.6. The molecule has 0 amide bonds. The normalized spacial score (nSPS) is 13.2. The second kappa shape index (κ2) is 13.8. The summed E-state index contributed by atoms with van der Waals surface area (Å²) in [6.07, 6.45) is 3.86. The first-order valence-electron chi connectivity index (χ1n) is 14.7. The molecule has 0 spiro atoms. The van der Waals surface area contributed by atoms with Crippen molar-refractivity contribution in [3.63, 3.8) is 0 Å². The van der Waals surface area contributed by atoms with Crippen LogP contribution in [0.4, 0.5) is 0 Å². The van der Waals surface area contributed by atoms with Crippen LogP contribution in [0.5, 0.6) is 0 Å². The molecule has 0 bridgehead atoms. The fourth-order valence-corrected chi connectivity index (χ4v) is 8.31. The van der Waals surface area contributed by atoms with E-state index in [0.29, 0.717) is 0 Å². The quantitative estimate of drug-likeness (QED) is 0.128. The van der Waals surface area contributed by atoms with Gasteiger partial charge in [-0.15, -0.1) is 23.8 Å². The van der Waals surface area contributed by atoms with Crippen LogP contribution in [0.3, 0.4) is 0 Å². The van der Waals surface area contributed by atoms with Gasteiger partial charge in [-0.05, 0) is 52.2 Å². The summed E-state index contributed by atoms with van der Waals surface area (Å²) in [4.78, 5) is 9.15. The van der Waals surface area contributed by atoms with Crippen molar-refractivity contribution in [3.8, 4) is 22.5 Å². The molecular formula is C37H38GeIrN2S-2. The van der Waals surface area contributed by atoms with Crippen LogP contribution in [0.25, 0.3) is 42.7 Å². The number of benzene rings is 3. The Morgan fingerprint density at radius 3 is 2.33 bits per heavy atom. The van der Waals surface area contributed by atoms with Crippen molar-refractivity contribution >= 4 is 49.2 Å². The van der Waals surface area contributed by atoms with Crippen molar-refractivity contribution in [2.45, 2.75) is 50.9 Å². The maximum atomic E-state index is 8.72. The molecule has 5 heteroatoms. The molecule has 217 valence electrons. The van der Waals surface area contributed by atoms with E-state index >= 15 is 0 Å². The first kappa shape index (κ1) is 30.8. The molecule has 6 aromatic rings. The van der Waals surface area contributed by atoms with E-state index in [1.807, 2.05) is 55.7 Å². The second-order valence-electron chi connectivity index (χ2n) is 11.9. The van der Waals surface area contributed by atoms with E-state index in [4.69, 9.17) is 1.37 Å². The molecule has 1 unspecified atom stereocenters. The molecule has 6 rings (SSSR count). The molecule has 0 aliphatic rings. The summed E-state index contributed by atoms with van der Waals surface area (Å²) < 4.78 is 12.7. The number of fused-ring (bicyclic) bond motifs is 3. The minimum absolute atomic E-state index is 0. The average molecular weight is 809 g/mol. The van der Waals surface area contributed by atoms with Gasteiger partial charge in [0, 0.05) is 32.4 Å². The summed E-state index contributed by atoms with van der Waals surface area (Å²) in [6, 6.07) is 33.5. The minimum atomic E-state index is -1.72. The number of hydrogen-bond donors (Lipinski definition) is 0. The van der Waals surface area contributed by atoms with Gasteiger partial charge in [0.2, 0.25) is 0 Å². The van der Waals surface area contributed by atoms with Crippen LogP contribution in [0.15, 0.2) is 91.3 Å². The number of aromatic nitrogens is 2. The fraction of sp³-hybridized carbons (Fsp3) is 0.243. The van der Waals surface area contributed by atoms with Gasteiger partial charge in [-0.2, -0.15) is 11.3 Å². The summed E-state index contributed by atoms with van der Waals surface area (Å²) >= 11 is 0.0829. The third-order valence-electron chi connectivity index (χ3n) is 7.62. The first-order chi connectivity index (χ1) is 20.0. The Labute approximate surface area is 272 Å². The number of nitrogens with zero attached hydrogens (tertiary/aromatic N) is 2. The van der Waals surface area contributed by atoms with Gasteiger partial charge in [0.05, 0.1) is 0 Å². The van der Waals surface area contributed by atoms with Crippen molar-refractivity contribution in [2.75, 3.05) is 0 Å². The Hall–Kier alpha value is -2.63. The van der Waals surface area contributed by atoms with E-state index in [9.17, 15) is 0 Å². The zero-order chi connectivity index (χ0) is 30.1. The van der Waals surface area contributed by atoms with E-state index < -0.39 is 19.2 Å². The molecular weight excluding hydrogens is 769 g/mol. The molecule has 1 atom stereocenters. The molecule has 3 aromatic carbocycles. The first-order valence-corrected chi connectivity index (χ1v) is 22.4. The third kappa shape index (κ3) is 7.11. The van der Waals surface area contributed by atoms with Crippen LogP contribution in [0.2, 0.25) is 17.3 Å². The summed E-state index contributed by atoms with van der Waals surface area (Å²) in [5.41, 5.74) is 6.30. The fourth-order valence-electron chi connectivity index (χ4n) is 4.85. The van der Waals surface area contributed by atoms with Gasteiger partial charge in [-0.25, -0.2) is 0 Å². The molecule has 0 fully saturated rings. The zero-order valence-electron chi connectivity index (χ0n) is 26.4. The van der Waals surface area contributed by atoms with Gasteiger partial charge in [0.15, 0.2) is 0 Å². The minimum Gasteiger partial charge on any atom is 0 e. The molecule has 0 N–H and O–H groups in total. The van der Waals surface area contributed by atoms with Crippen LogP contribution in [0, 0.1) is 25.0 Å². The monoisotopic (exact) mass is 810 g/mol. The average Bonchev–Trinajstić information content (AvgIpc) is 3.38. The Morgan fingerprint density at radius 2 is 1.67 bits per heavy atom. The Bertz CT molecular complexity index is 1820. The molecule has 0 saturated carbocycles. The SMILES string of the molecule is [2H]C(C)(c1ccnc(-c2[c-]ccc3c2sc2cccc(C)c23)c1)C(C)C.[CH3][Ge]([CH3])([CH3])[c]1ccc(-c2[c-]cccc2)nc1.[Ir]. The van der Waals surface area contributed by atoms with Gasteiger partial charge >= 0.3 is 99.8 Å². The van der Waals surface area contributed by atoms with E-state index in [0.717, 1.165) is 28.1 Å². The van der Waals surface area contributed by atoms with Gasteiger partial charge in [0.1, 0.15) is 0 Å². The van der Waals surface area contributed by atoms with Crippen LogP contribution in [0.1, 0.15) is 39.2 Å². The predicted molar refractivity (Wildman–Crippen MR) is 181 cm³/mol. The molecule has 0 saturated heterocycles. The smallest absolute Gasteiger partial charge is 0 e. The Kier molecular flexibility index (Phi) is 10.1. The van der Waals surface area contributed by atoms with Gasteiger partial charge < -0.3 is 4.98 Å². The topological polar surface area (TPSA) is 25.8 Å². The standard InChI is InChI=1S/C23H22NS.C14H16GeN.Ir/c1-14(2)16(4)17-11-12-24-20(13-17)18-8-6-9-19-22-15(3)7-5-10-21(22)25-23(18)19;1-15(2,3)13-9-10-14(16-11-13)12-7-5-4-6-8-12;/h5-7,9-14,16H,1-4H3;4-7,9-11H,1-3H3;/q2*-1;/i16D;;. The van der Waals surface area contributed by atoms with Crippen LogP contribution < -0.4 is 4.40 Å². The Balaban J connectivity index is 0.000000215. The van der Waals surface area contributed by atoms with Crippen molar-refractivity contribution < 1.29 is 21.5 Å². The number of pyridine rings is 2. The zero-order valence-corrected chi connectivity index (χ0v) is 30.7. The van der Waals surface area contributed by atoms with Crippen molar-refractivity contribution in [3.05, 3.63) is 115 Å². The van der Waals surface area contributed by atoms with Crippen LogP contribution in [-0.4, -0.2) is 23.2 Å². The van der Waals surface area contributed by atoms with E-state index in [1.54, 1.807) is 11.3 Å². The molecule has 3 heterocycles.